The SMILES string of the molecule is Cl.O=C(Nc1ccccc1-c1nc2c(CN3CCNCC3)cccc2o1)c1ccccc1F. The van der Waals surface area contributed by atoms with Gasteiger partial charge in [-0.3, -0.25) is 9.69 Å². The van der Waals surface area contributed by atoms with Crippen molar-refractivity contribution in [2.75, 3.05) is 31.5 Å². The number of carbonyl (C=O) groups is 1. The minimum atomic E-state index is -0.568. The van der Waals surface area contributed by atoms with E-state index < -0.39 is 11.7 Å². The van der Waals surface area contributed by atoms with Crippen LogP contribution in [0, 0.1) is 5.82 Å². The average Bonchev–Trinajstić information content (AvgIpc) is 3.26. The number of carbonyl (C=O) groups excluding carboxylic acids is 1. The molecule has 2 N–H and O–H groups in total. The van der Waals surface area contributed by atoms with E-state index in [0.29, 0.717) is 22.7 Å². The van der Waals surface area contributed by atoms with Gasteiger partial charge in [-0.2, -0.15) is 0 Å². The Labute approximate surface area is 197 Å². The number of benzene rings is 3. The molecule has 0 unspecified atom stereocenters. The van der Waals surface area contributed by atoms with Crippen molar-refractivity contribution in [3.05, 3.63) is 83.7 Å². The zero-order valence-corrected chi connectivity index (χ0v) is 18.7. The first-order valence-corrected chi connectivity index (χ1v) is 10.7. The molecule has 4 aromatic rings. The Kier molecular flexibility index (Phi) is 7.03. The van der Waals surface area contributed by atoms with Crippen molar-refractivity contribution in [1.29, 1.82) is 0 Å². The number of aromatic nitrogens is 1. The van der Waals surface area contributed by atoms with Gasteiger partial charge in [0.1, 0.15) is 11.3 Å². The largest absolute Gasteiger partial charge is 0.436 e. The van der Waals surface area contributed by atoms with Crippen molar-refractivity contribution in [1.82, 2.24) is 15.2 Å². The molecule has 0 bridgehead atoms. The second-order valence-corrected chi connectivity index (χ2v) is 7.79. The molecule has 1 aliphatic rings. The number of rotatable bonds is 5. The van der Waals surface area contributed by atoms with Crippen LogP contribution in [0.25, 0.3) is 22.6 Å². The van der Waals surface area contributed by atoms with E-state index in [2.05, 4.69) is 21.6 Å². The Morgan fingerprint density at radius 2 is 1.79 bits per heavy atom. The van der Waals surface area contributed by atoms with E-state index in [1.165, 1.54) is 12.1 Å². The number of oxazole rings is 1. The van der Waals surface area contributed by atoms with Crippen molar-refractivity contribution in [3.8, 4) is 11.5 Å². The van der Waals surface area contributed by atoms with Gasteiger partial charge in [-0.25, -0.2) is 9.37 Å². The van der Waals surface area contributed by atoms with E-state index in [4.69, 9.17) is 9.40 Å². The highest BCUT2D eigenvalue weighted by molar-refractivity contribution is 6.06. The van der Waals surface area contributed by atoms with Crippen molar-refractivity contribution >= 4 is 35.1 Å². The molecule has 170 valence electrons. The van der Waals surface area contributed by atoms with Crippen LogP contribution in [0.4, 0.5) is 10.1 Å². The van der Waals surface area contributed by atoms with Gasteiger partial charge in [0, 0.05) is 32.7 Å². The summed E-state index contributed by atoms with van der Waals surface area (Å²) in [7, 11) is 0. The van der Waals surface area contributed by atoms with Crippen LogP contribution in [0.3, 0.4) is 0 Å². The molecule has 1 aliphatic heterocycles. The Morgan fingerprint density at radius 3 is 2.61 bits per heavy atom. The fourth-order valence-electron chi connectivity index (χ4n) is 3.97. The standard InChI is InChI=1S/C25H23FN4O2.ClH/c26-20-9-3-1-7-18(20)24(31)28-21-10-4-2-8-19(21)25-29-23-17(6-5-11-22(23)32-25)16-30-14-12-27-13-15-30;/h1-11,27H,12-16H2,(H,28,31);1H. The third-order valence-electron chi connectivity index (χ3n) is 5.63. The van der Waals surface area contributed by atoms with Gasteiger partial charge in [0.25, 0.3) is 5.91 Å². The zero-order chi connectivity index (χ0) is 21.9. The van der Waals surface area contributed by atoms with Crippen molar-refractivity contribution in [3.63, 3.8) is 0 Å². The summed E-state index contributed by atoms with van der Waals surface area (Å²) in [5.41, 5.74) is 3.75. The van der Waals surface area contributed by atoms with Crippen LogP contribution in [0.1, 0.15) is 15.9 Å². The van der Waals surface area contributed by atoms with Crippen LogP contribution >= 0.6 is 12.4 Å². The lowest BCUT2D eigenvalue weighted by atomic mass is 10.1. The first-order valence-electron chi connectivity index (χ1n) is 10.7. The second kappa shape index (κ2) is 10.1. The van der Waals surface area contributed by atoms with Crippen LogP contribution in [0.5, 0.6) is 0 Å². The number of nitrogens with one attached hydrogen (secondary N) is 2. The van der Waals surface area contributed by atoms with E-state index >= 15 is 0 Å². The monoisotopic (exact) mass is 466 g/mol. The predicted octanol–water partition coefficient (Wildman–Crippen LogP) is 4.71. The van der Waals surface area contributed by atoms with E-state index in [-0.39, 0.29) is 18.0 Å². The van der Waals surface area contributed by atoms with Crippen LogP contribution in [0.2, 0.25) is 0 Å². The number of anilines is 1. The van der Waals surface area contributed by atoms with Gasteiger partial charge in [0.15, 0.2) is 5.58 Å². The summed E-state index contributed by atoms with van der Waals surface area (Å²) in [4.78, 5) is 19.8. The van der Waals surface area contributed by atoms with Crippen LogP contribution < -0.4 is 10.6 Å². The molecule has 0 aliphatic carbocycles. The van der Waals surface area contributed by atoms with Gasteiger partial charge in [-0.15, -0.1) is 12.4 Å². The molecule has 0 atom stereocenters. The van der Waals surface area contributed by atoms with E-state index in [1.807, 2.05) is 24.3 Å². The van der Waals surface area contributed by atoms with Gasteiger partial charge < -0.3 is 15.1 Å². The summed E-state index contributed by atoms with van der Waals surface area (Å²) in [6.45, 7) is 4.75. The summed E-state index contributed by atoms with van der Waals surface area (Å²) in [6, 6.07) is 19.1. The molecule has 33 heavy (non-hydrogen) atoms. The van der Waals surface area contributed by atoms with Crippen molar-refractivity contribution in [2.45, 2.75) is 6.54 Å². The van der Waals surface area contributed by atoms with E-state index in [1.54, 1.807) is 24.3 Å². The predicted molar refractivity (Wildman–Crippen MR) is 129 cm³/mol. The Balaban J connectivity index is 0.00000259. The summed E-state index contributed by atoms with van der Waals surface area (Å²) in [5, 5.41) is 6.16. The topological polar surface area (TPSA) is 70.4 Å². The molecular weight excluding hydrogens is 443 g/mol. The van der Waals surface area contributed by atoms with Gasteiger partial charge in [0.05, 0.1) is 16.8 Å². The Morgan fingerprint density at radius 1 is 1.03 bits per heavy atom. The summed E-state index contributed by atoms with van der Waals surface area (Å²) >= 11 is 0. The number of amides is 1. The maximum absolute atomic E-state index is 14.0. The average molecular weight is 467 g/mol. The highest BCUT2D eigenvalue weighted by Crippen LogP contribution is 2.32. The highest BCUT2D eigenvalue weighted by atomic mass is 35.5. The lowest BCUT2D eigenvalue weighted by molar-refractivity contribution is 0.102. The molecule has 0 radical (unpaired) electrons. The fourth-order valence-corrected chi connectivity index (χ4v) is 3.97. The van der Waals surface area contributed by atoms with Crippen LogP contribution in [-0.2, 0) is 6.54 Å². The molecule has 1 fully saturated rings. The Hall–Kier alpha value is -3.26. The molecule has 2 heterocycles. The van der Waals surface area contributed by atoms with Crippen LogP contribution in [0.15, 0.2) is 71.1 Å². The Bertz CT molecular complexity index is 1270. The maximum atomic E-state index is 14.0. The molecule has 6 nitrogen and oxygen atoms in total. The third kappa shape index (κ3) is 4.90. The first-order chi connectivity index (χ1) is 15.7. The van der Waals surface area contributed by atoms with Crippen LogP contribution in [-0.4, -0.2) is 42.0 Å². The molecule has 1 aromatic heterocycles. The number of hydrogen-bond acceptors (Lipinski definition) is 5. The lowest BCUT2D eigenvalue weighted by Crippen LogP contribution is -2.42. The molecule has 5 rings (SSSR count). The summed E-state index contributed by atoms with van der Waals surface area (Å²) < 4.78 is 20.1. The zero-order valence-electron chi connectivity index (χ0n) is 17.9. The first kappa shape index (κ1) is 22.9. The summed E-state index contributed by atoms with van der Waals surface area (Å²) in [6.07, 6.45) is 0. The number of nitrogens with zero attached hydrogens (tertiary/aromatic N) is 2. The minimum absolute atomic E-state index is 0. The molecule has 0 saturated carbocycles. The number of hydrogen-bond donors (Lipinski definition) is 2. The van der Waals surface area contributed by atoms with Gasteiger partial charge >= 0.3 is 0 Å². The smallest absolute Gasteiger partial charge is 0.258 e. The molecule has 8 heteroatoms. The quantitative estimate of drug-likeness (QED) is 0.445. The molecular formula is C25H24ClFN4O2. The molecule has 1 amide bonds. The number of para-hydroxylation sites is 2. The second-order valence-electron chi connectivity index (χ2n) is 7.79. The van der Waals surface area contributed by atoms with E-state index in [0.717, 1.165) is 43.8 Å². The molecule has 3 aromatic carbocycles. The minimum Gasteiger partial charge on any atom is -0.436 e. The summed E-state index contributed by atoms with van der Waals surface area (Å²) in [5.74, 6) is -0.676. The highest BCUT2D eigenvalue weighted by Gasteiger charge is 2.19. The molecule has 1 saturated heterocycles. The van der Waals surface area contributed by atoms with Crippen molar-refractivity contribution < 1.29 is 13.6 Å². The van der Waals surface area contributed by atoms with Gasteiger partial charge in [-0.05, 0) is 35.9 Å². The van der Waals surface area contributed by atoms with E-state index in [9.17, 15) is 9.18 Å². The normalized spacial score (nSPS) is 14.1. The fraction of sp³-hybridized carbons (Fsp3) is 0.200. The maximum Gasteiger partial charge on any atom is 0.258 e. The van der Waals surface area contributed by atoms with Gasteiger partial charge in [-0.1, -0.05) is 36.4 Å². The van der Waals surface area contributed by atoms with Gasteiger partial charge in [0.2, 0.25) is 5.89 Å². The lowest BCUT2D eigenvalue weighted by Gasteiger charge is -2.27. The number of piperazine rings is 1. The number of halogens is 2. The number of fused-ring (bicyclic) bond motifs is 1. The van der Waals surface area contributed by atoms with Crippen molar-refractivity contribution in [2.24, 2.45) is 0 Å². The third-order valence-corrected chi connectivity index (χ3v) is 5.63. The molecule has 0 spiro atoms.